The molecule has 48 heteroatoms. The van der Waals surface area contributed by atoms with Crippen LogP contribution in [0.2, 0.25) is 0 Å². The fourth-order valence-corrected chi connectivity index (χ4v) is 22.6. The van der Waals surface area contributed by atoms with Gasteiger partial charge in [-0.25, -0.2) is 4.68 Å². The van der Waals surface area contributed by atoms with Crippen LogP contribution in [0, 0.1) is 34.5 Å². The van der Waals surface area contributed by atoms with Crippen LogP contribution in [0.3, 0.4) is 0 Å². The summed E-state index contributed by atoms with van der Waals surface area (Å²) in [7, 11) is 0. The summed E-state index contributed by atoms with van der Waals surface area (Å²) in [5.74, 6) is -3.05. The summed E-state index contributed by atoms with van der Waals surface area (Å²) in [6, 6.07) is 3.06. The number of aromatic nitrogens is 3. The zero-order valence-corrected chi connectivity index (χ0v) is 77.9. The summed E-state index contributed by atoms with van der Waals surface area (Å²) < 4.78 is 98.5. The third kappa shape index (κ3) is 21.6. The van der Waals surface area contributed by atoms with Gasteiger partial charge in [0.05, 0.1) is 63.5 Å². The van der Waals surface area contributed by atoms with Gasteiger partial charge < -0.3 is 195 Å². The molecule has 12 bridgehead atoms. The van der Waals surface area contributed by atoms with Crippen molar-refractivity contribution in [3.05, 3.63) is 59.5 Å². The molecule has 780 valence electrons. The second kappa shape index (κ2) is 45.2. The van der Waals surface area contributed by atoms with Crippen LogP contribution in [0.1, 0.15) is 143 Å². The first-order valence-corrected chi connectivity index (χ1v) is 48.1. The first-order valence-electron chi connectivity index (χ1n) is 48.1. The Balaban J connectivity index is 0.548. The molecule has 30 rings (SSSR count). The van der Waals surface area contributed by atoms with E-state index in [9.17, 15) is 121 Å². The molecule has 139 heavy (non-hydrogen) atoms. The average molecular weight is 1980 g/mol. The van der Waals surface area contributed by atoms with E-state index in [1.54, 1.807) is 50.3 Å². The Hall–Kier alpha value is -6.50. The van der Waals surface area contributed by atoms with Gasteiger partial charge in [0.2, 0.25) is 29.4 Å². The second-order valence-electron chi connectivity index (χ2n) is 39.4. The predicted octanol–water partition coefficient (Wildman–Crippen LogP) is -7.57. The number of nitrogens with zero attached hydrogens (tertiary/aromatic N) is 3. The largest absolute Gasteiger partial charge is 0.486 e. The zero-order valence-electron chi connectivity index (χ0n) is 77.9. The fourth-order valence-electron chi connectivity index (χ4n) is 22.6. The van der Waals surface area contributed by atoms with Crippen molar-refractivity contribution in [2.45, 2.75) is 371 Å². The number of hydrogen-bond acceptors (Lipinski definition) is 43. The molecule has 2 aromatic rings. The number of carbonyl (C=O) groups is 6. The van der Waals surface area contributed by atoms with Crippen molar-refractivity contribution in [3.63, 3.8) is 0 Å². The van der Waals surface area contributed by atoms with Crippen molar-refractivity contribution in [2.24, 2.45) is 40.2 Å². The molecule has 1 aromatic heterocycles. The van der Waals surface area contributed by atoms with E-state index in [1.807, 2.05) is 19.9 Å². The first kappa shape index (κ1) is 107. The molecule has 1 aromatic carbocycles. The molecule has 0 spiro atoms. The third-order valence-corrected chi connectivity index (χ3v) is 30.1. The number of hydrogen-bond donors (Lipinski definition) is 23. The number of carbonyl (C=O) groups excluding carboxylic acids is 6. The molecule has 24 heterocycles. The quantitative estimate of drug-likeness (QED) is 0.0352. The number of Topliss-reactive ketones (excluding diaryl/α,β-unsaturated/α-hetero) is 1. The van der Waals surface area contributed by atoms with E-state index < -0.39 is 319 Å². The van der Waals surface area contributed by atoms with E-state index >= 15 is 0 Å². The normalized spacial score (nSPS) is 42.9. The standard InChI is InChI=1S/C91H136N8O40/c1-7-13-58-132-56-27-44-43-22-17-39-26-41(105)23-24-89(39,5)59(43)47(106)28-90(44,6)91(56,139-58)55(107)35-124-42-20-18-40(19-21-42)95-80(121)38(4)94-82(123)60(37(2)3)96-81(122)45(92)14-11-12-25-93-57(108)36-125-48-16-10-8-9-15-46-61(48)97-98-99(46)29-49-74-62(109)68(115)83(126-49)134-75-50(30-100)128-85(70(117)64(75)111)136-77-52(32-102)130-87(72(119)66(77)113)138-79-54(34-104)131-88(73(120)67(79)114)137-78-53(33-103)129-86(71(118)65(78)112)135-76-51(31-101)127-84(133-74)69(116)63(76)110/h18-21,23-24,26,37-38,43-45,47-54,56,58-60,62-79,83-88,100-104,106,109-120H,7-17,22,25,27-36,92H2,1-6H3,(H,93,108)(H,94,123)(H,95,121)(H,96,122)/t38-,43-,44-,45+,47-,48?,49?,50?,51?,52?,53?,54?,56+,58?,59+,60-,62?,63?,64?,65?,66?,67?,68?,69?,70?,71?,72?,73?,74?,75?,76?,77?,78?,79?,83?,84?,85?,86?,87?,88?,89-,90-,91+/m0/s1. The van der Waals surface area contributed by atoms with Crippen LogP contribution in [0.25, 0.3) is 0 Å². The minimum absolute atomic E-state index is 0.0251. The lowest BCUT2D eigenvalue weighted by molar-refractivity contribution is -0.403. The van der Waals surface area contributed by atoms with Crippen molar-refractivity contribution >= 4 is 40.9 Å². The van der Waals surface area contributed by atoms with Crippen LogP contribution in [-0.4, -0.2) is 421 Å². The summed E-state index contributed by atoms with van der Waals surface area (Å²) in [5.41, 5.74) is 5.73. The molecular formula is C91H136N8O40. The summed E-state index contributed by atoms with van der Waals surface area (Å²) in [5, 5.41) is 226. The van der Waals surface area contributed by atoms with Gasteiger partial charge >= 0.3 is 0 Å². The van der Waals surface area contributed by atoms with Gasteiger partial charge in [-0.2, -0.15) is 0 Å². The first-order chi connectivity index (χ1) is 66.3. The summed E-state index contributed by atoms with van der Waals surface area (Å²) in [6.45, 7) is 4.53. The number of nitrogens with two attached hydrogens (primary N) is 1. The van der Waals surface area contributed by atoms with Gasteiger partial charge in [-0.1, -0.05) is 70.7 Å². The maximum atomic E-state index is 14.9. The monoisotopic (exact) mass is 1980 g/mol. The highest BCUT2D eigenvalue weighted by atomic mass is 16.8. The van der Waals surface area contributed by atoms with Crippen molar-refractivity contribution < 1.29 is 196 Å². The van der Waals surface area contributed by atoms with Gasteiger partial charge in [0, 0.05) is 29.0 Å². The number of nitrogens with one attached hydrogen (secondary N) is 4. The maximum Gasteiger partial charge on any atom is 0.246 e. The minimum Gasteiger partial charge on any atom is -0.486 e. The average Bonchev–Trinajstić information content (AvgIpc) is 1.53. The Bertz CT molecular complexity index is 4550. The Labute approximate surface area is 799 Å². The summed E-state index contributed by atoms with van der Waals surface area (Å²) >= 11 is 0. The number of amides is 4. The van der Waals surface area contributed by atoms with Crippen LogP contribution >= 0.6 is 0 Å². The van der Waals surface area contributed by atoms with Gasteiger partial charge in [-0.15, -0.1) is 5.10 Å². The smallest absolute Gasteiger partial charge is 0.246 e. The molecule has 23 saturated heterocycles. The van der Waals surface area contributed by atoms with Crippen molar-refractivity contribution in [3.8, 4) is 5.75 Å². The molecule has 23 aliphatic heterocycles. The zero-order chi connectivity index (χ0) is 99.9. The Morgan fingerprint density at radius 1 is 0.568 bits per heavy atom. The van der Waals surface area contributed by atoms with Crippen LogP contribution < -0.4 is 31.7 Å². The minimum atomic E-state index is -2.27. The van der Waals surface area contributed by atoms with E-state index in [1.165, 1.54) is 11.6 Å². The molecule has 3 saturated carbocycles. The lowest BCUT2D eigenvalue weighted by Crippen LogP contribution is -2.69. The molecule has 4 amide bonds. The Kier molecular flexibility index (Phi) is 34.7. The third-order valence-electron chi connectivity index (χ3n) is 30.1. The highest BCUT2D eigenvalue weighted by molar-refractivity contribution is 6.01. The molecule has 24 N–H and O–H groups in total. The Morgan fingerprint density at radius 3 is 1.54 bits per heavy atom. The molecule has 0 radical (unpaired) electrons. The van der Waals surface area contributed by atoms with Gasteiger partial charge in [0.25, 0.3) is 0 Å². The number of allylic oxidation sites excluding steroid dienone is 4. The van der Waals surface area contributed by atoms with Crippen LogP contribution in [0.5, 0.6) is 5.75 Å². The Morgan fingerprint density at radius 2 is 1.06 bits per heavy atom. The lowest BCUT2D eigenvalue weighted by atomic mass is 9.46. The molecule has 26 fully saturated rings. The fraction of sp³-hybridized carbons (Fsp3) is 0.802. The number of rotatable bonds is 28. The summed E-state index contributed by atoms with van der Waals surface area (Å²) in [6.07, 6.45) is -51.7. The van der Waals surface area contributed by atoms with Crippen molar-refractivity contribution in [1.82, 2.24) is 30.9 Å². The van der Waals surface area contributed by atoms with E-state index in [0.717, 1.165) is 18.4 Å². The SMILES string of the molecule is CCCC1O[C@@H]2C[C@H]3[C@@H]4CCC5=CC(=O)C=C[C@]5(C)[C@H]4[C@@H](O)C[C@]3(C)[C@]2(C(=O)COc2ccc(NC(=O)[C@H](C)NC(=O)[C@@H](NC(=O)[C@H](N)CCCCNC(=O)COC3CCCCCc4c3nnn4CC3OC4OC5C(CO)OC(OC6C(CO)OC(OC7C(CO)OC(OC8C(CO)OC(OC9C(CO)OC(OC3C(O)C4O)C(O)C9O)C(O)C8O)C(O)C7O)C(O)C6O)C(O)C5O)C(C)C)cc2)O1. The number of anilines is 1. The number of fused-ring (bicyclic) bond motifs is 8. The highest BCUT2D eigenvalue weighted by Crippen LogP contribution is 2.70. The topological polar surface area (TPSA) is 719 Å². The number of aliphatic hydroxyl groups is 18. The van der Waals surface area contributed by atoms with E-state index in [-0.39, 0.29) is 61.0 Å². The van der Waals surface area contributed by atoms with E-state index in [4.69, 9.17) is 81.5 Å². The van der Waals surface area contributed by atoms with Crippen LogP contribution in [-0.2, 0) is 113 Å². The van der Waals surface area contributed by atoms with Crippen LogP contribution in [0.15, 0.2) is 48.1 Å². The second-order valence-corrected chi connectivity index (χ2v) is 39.4. The summed E-state index contributed by atoms with van der Waals surface area (Å²) in [4.78, 5) is 82.0. The number of aliphatic hydroxyl groups excluding tert-OH is 18. The number of benzene rings is 1. The van der Waals surface area contributed by atoms with Gasteiger partial charge in [-0.05, 0) is 132 Å². The number of ketones is 2. The molecule has 5 aliphatic carbocycles. The number of unbranched alkanes of at least 4 members (excludes halogenated alkanes) is 1. The molecule has 43 atom stereocenters. The molecule has 32 unspecified atom stereocenters. The van der Waals surface area contributed by atoms with Gasteiger partial charge in [0.1, 0.15) is 189 Å². The molecule has 28 aliphatic rings. The molecular weight excluding hydrogens is 1850 g/mol. The van der Waals surface area contributed by atoms with Gasteiger partial charge in [-0.3, -0.25) is 28.8 Å². The predicted molar refractivity (Wildman–Crippen MR) is 465 cm³/mol. The van der Waals surface area contributed by atoms with Crippen molar-refractivity contribution in [2.75, 3.05) is 58.1 Å². The maximum absolute atomic E-state index is 14.9. The lowest BCUT2D eigenvalue weighted by Gasteiger charge is -2.59. The van der Waals surface area contributed by atoms with E-state index in [0.29, 0.717) is 81.3 Å². The van der Waals surface area contributed by atoms with Crippen LogP contribution in [0.4, 0.5) is 5.69 Å². The van der Waals surface area contributed by atoms with E-state index in [2.05, 4.69) is 38.5 Å². The number of ether oxygens (including phenoxy) is 16. The highest BCUT2D eigenvalue weighted by Gasteiger charge is 2.76. The van der Waals surface area contributed by atoms with Gasteiger partial charge in [0.15, 0.2) is 55.4 Å². The molecule has 48 nitrogen and oxygen atoms in total. The van der Waals surface area contributed by atoms with Crippen molar-refractivity contribution in [1.29, 1.82) is 0 Å².